The molecule has 1 atom stereocenters. The van der Waals surface area contributed by atoms with Gasteiger partial charge in [-0.15, -0.1) is 0 Å². The molecular formula is C22H32N2O4. The largest absolute Gasteiger partial charge is 0.445 e. The molecule has 2 heterocycles. The summed E-state index contributed by atoms with van der Waals surface area (Å²) in [6.45, 7) is 7.78. The molecule has 28 heavy (non-hydrogen) atoms. The van der Waals surface area contributed by atoms with Crippen LogP contribution in [-0.2, 0) is 16.1 Å². The molecule has 6 heteroatoms. The smallest absolute Gasteiger partial charge is 0.410 e. The predicted molar refractivity (Wildman–Crippen MR) is 107 cm³/mol. The van der Waals surface area contributed by atoms with Crippen LogP contribution >= 0.6 is 0 Å². The Morgan fingerprint density at radius 2 is 1.71 bits per heavy atom. The van der Waals surface area contributed by atoms with Crippen molar-refractivity contribution in [1.82, 2.24) is 9.80 Å². The minimum atomic E-state index is -0.529. The van der Waals surface area contributed by atoms with Crippen LogP contribution in [0.2, 0.25) is 0 Å². The fourth-order valence-electron chi connectivity index (χ4n) is 4.20. The van der Waals surface area contributed by atoms with Crippen LogP contribution in [0.15, 0.2) is 30.3 Å². The second-order valence-electron chi connectivity index (χ2n) is 8.88. The van der Waals surface area contributed by atoms with Crippen LogP contribution in [0.25, 0.3) is 0 Å². The van der Waals surface area contributed by atoms with Crippen LogP contribution in [0, 0.1) is 0 Å². The first kappa shape index (κ1) is 20.5. The summed E-state index contributed by atoms with van der Waals surface area (Å²) < 4.78 is 11.2. The Hall–Kier alpha value is -2.24. The van der Waals surface area contributed by atoms with E-state index in [1.807, 2.05) is 56.0 Å². The van der Waals surface area contributed by atoms with Crippen molar-refractivity contribution in [2.45, 2.75) is 70.6 Å². The number of likely N-dealkylation sites (tertiary alicyclic amines) is 2. The zero-order chi connectivity index (χ0) is 20.2. The molecule has 0 saturated carbocycles. The molecule has 1 aromatic carbocycles. The number of benzene rings is 1. The maximum atomic E-state index is 12.8. The minimum absolute atomic E-state index is 0.263. The van der Waals surface area contributed by atoms with Gasteiger partial charge >= 0.3 is 12.2 Å². The quantitative estimate of drug-likeness (QED) is 0.744. The van der Waals surface area contributed by atoms with E-state index in [1.54, 1.807) is 4.90 Å². The lowest BCUT2D eigenvalue weighted by Gasteiger charge is -2.51. The van der Waals surface area contributed by atoms with Gasteiger partial charge in [-0.25, -0.2) is 9.59 Å². The third-order valence-electron chi connectivity index (χ3n) is 5.48. The van der Waals surface area contributed by atoms with Crippen molar-refractivity contribution in [2.24, 2.45) is 0 Å². The van der Waals surface area contributed by atoms with Gasteiger partial charge in [0, 0.05) is 19.6 Å². The van der Waals surface area contributed by atoms with Gasteiger partial charge in [0.25, 0.3) is 0 Å². The zero-order valence-corrected chi connectivity index (χ0v) is 17.3. The second kappa shape index (κ2) is 8.41. The standard InChI is InChI=1S/C22H32N2O4/c1-21(2,3)28-20(26)24-15-8-7-12-22(24)13-9-14-23(17-22)19(25)27-16-18-10-5-4-6-11-18/h4-6,10-11H,7-9,12-17H2,1-3H3/t22-/m0/s1. The van der Waals surface area contributed by atoms with Gasteiger partial charge in [-0.05, 0) is 58.4 Å². The third kappa shape index (κ3) is 4.97. The molecule has 154 valence electrons. The SMILES string of the molecule is CC(C)(C)OC(=O)N1CCCC[C@@]12CCCN(C(=O)OCc1ccccc1)C2. The highest BCUT2D eigenvalue weighted by molar-refractivity contribution is 5.71. The number of carbonyl (C=O) groups excluding carboxylic acids is 2. The summed E-state index contributed by atoms with van der Waals surface area (Å²) in [4.78, 5) is 29.1. The summed E-state index contributed by atoms with van der Waals surface area (Å²) in [5, 5.41) is 0. The molecule has 2 aliphatic rings. The van der Waals surface area contributed by atoms with E-state index in [4.69, 9.17) is 9.47 Å². The molecule has 2 amide bonds. The maximum Gasteiger partial charge on any atom is 0.410 e. The molecule has 0 bridgehead atoms. The number of piperidine rings is 2. The van der Waals surface area contributed by atoms with E-state index in [9.17, 15) is 9.59 Å². The monoisotopic (exact) mass is 388 g/mol. The van der Waals surface area contributed by atoms with Gasteiger partial charge in [-0.1, -0.05) is 30.3 Å². The number of nitrogens with zero attached hydrogens (tertiary/aromatic N) is 2. The Labute approximate surface area is 167 Å². The summed E-state index contributed by atoms with van der Waals surface area (Å²) in [7, 11) is 0. The molecule has 6 nitrogen and oxygen atoms in total. The Morgan fingerprint density at radius 1 is 1.00 bits per heavy atom. The van der Waals surface area contributed by atoms with Crippen LogP contribution in [-0.4, -0.2) is 52.8 Å². The van der Waals surface area contributed by atoms with E-state index in [0.29, 0.717) is 19.6 Å². The Balaban J connectivity index is 1.66. The average molecular weight is 389 g/mol. The average Bonchev–Trinajstić information content (AvgIpc) is 2.66. The van der Waals surface area contributed by atoms with Crippen molar-refractivity contribution in [3.63, 3.8) is 0 Å². The van der Waals surface area contributed by atoms with Crippen molar-refractivity contribution >= 4 is 12.2 Å². The summed E-state index contributed by atoms with van der Waals surface area (Å²) in [6.07, 6.45) is 4.11. The van der Waals surface area contributed by atoms with Crippen molar-refractivity contribution in [3.05, 3.63) is 35.9 Å². The van der Waals surface area contributed by atoms with Crippen LogP contribution in [0.5, 0.6) is 0 Å². The lowest BCUT2D eigenvalue weighted by Crippen LogP contribution is -2.63. The Morgan fingerprint density at radius 3 is 2.43 bits per heavy atom. The van der Waals surface area contributed by atoms with Gasteiger partial charge in [0.05, 0.1) is 5.54 Å². The lowest BCUT2D eigenvalue weighted by molar-refractivity contribution is -0.0405. The molecule has 2 saturated heterocycles. The van der Waals surface area contributed by atoms with Crippen LogP contribution in [0.4, 0.5) is 9.59 Å². The molecular weight excluding hydrogens is 356 g/mol. The van der Waals surface area contributed by atoms with E-state index < -0.39 is 5.60 Å². The number of carbonyl (C=O) groups is 2. The highest BCUT2D eigenvalue weighted by atomic mass is 16.6. The maximum absolute atomic E-state index is 12.8. The predicted octanol–water partition coefficient (Wildman–Crippen LogP) is 4.58. The van der Waals surface area contributed by atoms with Gasteiger partial charge in [0.2, 0.25) is 0 Å². The van der Waals surface area contributed by atoms with E-state index in [1.165, 1.54) is 0 Å². The molecule has 1 spiro atoms. The van der Waals surface area contributed by atoms with E-state index >= 15 is 0 Å². The van der Waals surface area contributed by atoms with Gasteiger partial charge in [0.1, 0.15) is 12.2 Å². The first-order chi connectivity index (χ1) is 13.3. The van der Waals surface area contributed by atoms with Crippen molar-refractivity contribution < 1.29 is 19.1 Å². The van der Waals surface area contributed by atoms with E-state index in [0.717, 1.165) is 37.7 Å². The highest BCUT2D eigenvalue weighted by Crippen LogP contribution is 2.37. The van der Waals surface area contributed by atoms with Crippen molar-refractivity contribution in [1.29, 1.82) is 0 Å². The number of amides is 2. The molecule has 2 fully saturated rings. The highest BCUT2D eigenvalue weighted by Gasteiger charge is 2.47. The first-order valence-corrected chi connectivity index (χ1v) is 10.3. The molecule has 2 aliphatic heterocycles. The molecule has 1 aromatic rings. The number of ether oxygens (including phenoxy) is 2. The van der Waals surface area contributed by atoms with Crippen LogP contribution < -0.4 is 0 Å². The topological polar surface area (TPSA) is 59.1 Å². The molecule has 0 N–H and O–H groups in total. The molecule has 0 aromatic heterocycles. The number of hydrogen-bond donors (Lipinski definition) is 0. The van der Waals surface area contributed by atoms with Gasteiger partial charge in [0.15, 0.2) is 0 Å². The van der Waals surface area contributed by atoms with Gasteiger partial charge in [-0.3, -0.25) is 0 Å². The van der Waals surface area contributed by atoms with E-state index in [2.05, 4.69) is 0 Å². The second-order valence-corrected chi connectivity index (χ2v) is 8.88. The third-order valence-corrected chi connectivity index (χ3v) is 5.48. The first-order valence-electron chi connectivity index (χ1n) is 10.3. The lowest BCUT2D eigenvalue weighted by atomic mass is 9.80. The van der Waals surface area contributed by atoms with E-state index in [-0.39, 0.29) is 24.3 Å². The van der Waals surface area contributed by atoms with Gasteiger partial charge < -0.3 is 19.3 Å². The number of rotatable bonds is 2. The van der Waals surface area contributed by atoms with Crippen molar-refractivity contribution in [3.8, 4) is 0 Å². The summed E-state index contributed by atoms with van der Waals surface area (Å²) in [5.74, 6) is 0. The normalized spacial score (nSPS) is 22.8. The summed E-state index contributed by atoms with van der Waals surface area (Å²) in [5.41, 5.74) is 0.0964. The van der Waals surface area contributed by atoms with Crippen LogP contribution in [0.1, 0.15) is 58.4 Å². The Bertz CT molecular complexity index is 682. The summed E-state index contributed by atoms with van der Waals surface area (Å²) in [6, 6.07) is 9.68. The summed E-state index contributed by atoms with van der Waals surface area (Å²) >= 11 is 0. The van der Waals surface area contributed by atoms with Crippen LogP contribution in [0.3, 0.4) is 0 Å². The molecule has 0 aliphatic carbocycles. The molecule has 0 unspecified atom stereocenters. The molecule has 3 rings (SSSR count). The van der Waals surface area contributed by atoms with Gasteiger partial charge in [-0.2, -0.15) is 0 Å². The number of hydrogen-bond acceptors (Lipinski definition) is 4. The Kier molecular flexibility index (Phi) is 6.16. The zero-order valence-electron chi connectivity index (χ0n) is 17.3. The fourth-order valence-corrected chi connectivity index (χ4v) is 4.20. The van der Waals surface area contributed by atoms with Crippen molar-refractivity contribution in [2.75, 3.05) is 19.6 Å². The molecule has 0 radical (unpaired) electrons. The minimum Gasteiger partial charge on any atom is -0.445 e. The fraction of sp³-hybridized carbons (Fsp3) is 0.636.